The Bertz CT molecular complexity index is 1380. The summed E-state index contributed by atoms with van der Waals surface area (Å²) in [7, 11) is 0. The number of anilines is 1. The molecule has 9 nitrogen and oxygen atoms in total. The molecule has 0 spiro atoms. The normalized spacial score (nSPS) is 18.3. The molecule has 0 aromatic carbocycles. The van der Waals surface area contributed by atoms with Crippen LogP contribution in [0.2, 0.25) is 0 Å². The summed E-state index contributed by atoms with van der Waals surface area (Å²) in [6.07, 6.45) is 10.3. The van der Waals surface area contributed by atoms with Crippen molar-refractivity contribution in [3.8, 4) is 17.1 Å². The quantitative estimate of drug-likeness (QED) is 0.350. The van der Waals surface area contributed by atoms with Crippen LogP contribution < -0.4 is 10.1 Å². The molecule has 0 bridgehead atoms. The van der Waals surface area contributed by atoms with E-state index in [9.17, 15) is 9.50 Å². The van der Waals surface area contributed by atoms with Crippen LogP contribution in [0.25, 0.3) is 22.2 Å². The van der Waals surface area contributed by atoms with Gasteiger partial charge in [-0.3, -0.25) is 9.36 Å². The minimum atomic E-state index is -0.870. The van der Waals surface area contributed by atoms with Crippen LogP contribution in [0.1, 0.15) is 58.1 Å². The number of aliphatic hydroxyl groups is 1. The number of aromatic nitrogens is 6. The number of halogens is 1. The summed E-state index contributed by atoms with van der Waals surface area (Å²) in [5, 5.41) is 23.9. The number of nitrogens with one attached hydrogen (secondary N) is 1. The van der Waals surface area contributed by atoms with Crippen LogP contribution in [0.3, 0.4) is 0 Å². The monoisotopic (exact) mass is 507 g/mol. The molecule has 1 aliphatic rings. The Hall–Kier alpha value is -3.53. The second-order valence-electron chi connectivity index (χ2n) is 10.4. The van der Waals surface area contributed by atoms with Gasteiger partial charge in [-0.25, -0.2) is 14.4 Å². The predicted octanol–water partition coefficient (Wildman–Crippen LogP) is 4.90. The van der Waals surface area contributed by atoms with E-state index >= 15 is 0 Å². The SMILES string of the molecule is CCNc1cc2c(cn1)c(-c1cnn(CC(C)(C)O)c1)nn2C1CCC(Oc2nccc(C)c2F)CC1. The average Bonchev–Trinajstić information content (AvgIpc) is 3.46. The molecular weight excluding hydrogens is 473 g/mol. The molecule has 2 N–H and O–H groups in total. The number of hydrogen-bond donors (Lipinski definition) is 2. The molecule has 0 amide bonds. The van der Waals surface area contributed by atoms with Gasteiger partial charge in [0.1, 0.15) is 17.6 Å². The Labute approximate surface area is 215 Å². The van der Waals surface area contributed by atoms with E-state index in [1.807, 2.05) is 25.4 Å². The zero-order valence-corrected chi connectivity index (χ0v) is 21.8. The molecule has 0 atom stereocenters. The summed E-state index contributed by atoms with van der Waals surface area (Å²) in [6, 6.07) is 3.87. The minimum absolute atomic E-state index is 0.0830. The minimum Gasteiger partial charge on any atom is -0.472 e. The van der Waals surface area contributed by atoms with Gasteiger partial charge in [0.25, 0.3) is 5.88 Å². The van der Waals surface area contributed by atoms with Crippen LogP contribution in [-0.4, -0.2) is 52.9 Å². The number of hydrogen-bond acceptors (Lipinski definition) is 7. The second kappa shape index (κ2) is 10.1. The Morgan fingerprint density at radius 1 is 1.19 bits per heavy atom. The standard InChI is InChI=1S/C27H34FN7O2/c1-5-29-23-12-22-21(14-31-23)25(18-13-32-34(15-18)16-27(3,4)36)33-35(22)19-6-8-20(9-7-19)37-26-24(28)17(2)10-11-30-26/h10-15,19-20,36H,5-9,16H2,1-4H3,(H,29,31). The third-order valence-corrected chi connectivity index (χ3v) is 6.72. The van der Waals surface area contributed by atoms with Crippen molar-refractivity contribution in [2.24, 2.45) is 0 Å². The van der Waals surface area contributed by atoms with Gasteiger partial charge in [-0.2, -0.15) is 10.2 Å². The van der Waals surface area contributed by atoms with Gasteiger partial charge in [0.05, 0.1) is 29.9 Å². The molecule has 4 aromatic heterocycles. The number of ether oxygens (including phenoxy) is 1. The number of fused-ring (bicyclic) bond motifs is 1. The summed E-state index contributed by atoms with van der Waals surface area (Å²) in [5.74, 6) is 0.499. The summed E-state index contributed by atoms with van der Waals surface area (Å²) in [5.41, 5.74) is 2.36. The van der Waals surface area contributed by atoms with Crippen molar-refractivity contribution in [1.82, 2.24) is 29.5 Å². The van der Waals surface area contributed by atoms with Crippen LogP contribution >= 0.6 is 0 Å². The first-order chi connectivity index (χ1) is 17.7. The Morgan fingerprint density at radius 3 is 2.70 bits per heavy atom. The van der Waals surface area contributed by atoms with Crippen molar-refractivity contribution in [2.75, 3.05) is 11.9 Å². The first-order valence-electron chi connectivity index (χ1n) is 12.9. The van der Waals surface area contributed by atoms with Crippen molar-refractivity contribution >= 4 is 16.7 Å². The van der Waals surface area contributed by atoms with Gasteiger partial charge in [0.2, 0.25) is 0 Å². The lowest BCUT2D eigenvalue weighted by Crippen LogP contribution is -2.27. The fourth-order valence-corrected chi connectivity index (χ4v) is 4.93. The van der Waals surface area contributed by atoms with Gasteiger partial charge < -0.3 is 15.2 Å². The van der Waals surface area contributed by atoms with Crippen LogP contribution in [0.5, 0.6) is 5.88 Å². The maximum Gasteiger partial charge on any atom is 0.250 e. The van der Waals surface area contributed by atoms with Gasteiger partial charge in [-0.15, -0.1) is 0 Å². The van der Waals surface area contributed by atoms with Gasteiger partial charge in [-0.05, 0) is 65.0 Å². The molecule has 0 saturated heterocycles. The lowest BCUT2D eigenvalue weighted by molar-refractivity contribution is 0.0577. The maximum absolute atomic E-state index is 14.4. The summed E-state index contributed by atoms with van der Waals surface area (Å²) in [6.45, 7) is 8.43. The van der Waals surface area contributed by atoms with E-state index in [1.54, 1.807) is 43.9 Å². The number of pyridine rings is 2. The fourth-order valence-electron chi connectivity index (χ4n) is 4.93. The second-order valence-corrected chi connectivity index (χ2v) is 10.4. The highest BCUT2D eigenvalue weighted by atomic mass is 19.1. The molecule has 0 radical (unpaired) electrons. The molecule has 1 fully saturated rings. The molecular formula is C27H34FN7O2. The summed E-state index contributed by atoms with van der Waals surface area (Å²) >= 11 is 0. The van der Waals surface area contributed by atoms with E-state index in [2.05, 4.69) is 25.1 Å². The van der Waals surface area contributed by atoms with Crippen LogP contribution in [0.4, 0.5) is 10.2 Å². The molecule has 1 aliphatic carbocycles. The predicted molar refractivity (Wildman–Crippen MR) is 140 cm³/mol. The molecule has 1 saturated carbocycles. The lowest BCUT2D eigenvalue weighted by Gasteiger charge is -2.29. The van der Waals surface area contributed by atoms with Gasteiger partial charge in [0.15, 0.2) is 5.82 Å². The van der Waals surface area contributed by atoms with Crippen molar-refractivity contribution in [3.63, 3.8) is 0 Å². The van der Waals surface area contributed by atoms with E-state index in [-0.39, 0.29) is 23.8 Å². The highest BCUT2D eigenvalue weighted by Gasteiger charge is 2.28. The molecule has 5 rings (SSSR count). The molecule has 4 heterocycles. The summed E-state index contributed by atoms with van der Waals surface area (Å²) < 4.78 is 24.2. The Kier molecular flexibility index (Phi) is 6.85. The average molecular weight is 508 g/mol. The van der Waals surface area contributed by atoms with E-state index in [4.69, 9.17) is 9.84 Å². The van der Waals surface area contributed by atoms with Gasteiger partial charge >= 0.3 is 0 Å². The zero-order chi connectivity index (χ0) is 26.2. The third kappa shape index (κ3) is 5.44. The van der Waals surface area contributed by atoms with Crippen LogP contribution in [0, 0.1) is 12.7 Å². The molecule has 4 aromatic rings. The van der Waals surface area contributed by atoms with E-state index in [1.165, 1.54) is 0 Å². The fraction of sp³-hybridized carbons (Fsp3) is 0.481. The highest BCUT2D eigenvalue weighted by Crippen LogP contribution is 2.36. The molecule has 0 aliphatic heterocycles. The maximum atomic E-state index is 14.4. The van der Waals surface area contributed by atoms with Gasteiger partial charge in [0, 0.05) is 42.2 Å². The number of rotatable bonds is 8. The van der Waals surface area contributed by atoms with E-state index in [0.717, 1.165) is 60.2 Å². The Morgan fingerprint density at radius 2 is 1.97 bits per heavy atom. The highest BCUT2D eigenvalue weighted by molar-refractivity contribution is 5.93. The molecule has 196 valence electrons. The molecule has 10 heteroatoms. The first kappa shape index (κ1) is 25.1. The molecule has 0 unspecified atom stereocenters. The number of aryl methyl sites for hydroxylation is 1. The van der Waals surface area contributed by atoms with Crippen molar-refractivity contribution < 1.29 is 14.2 Å². The summed E-state index contributed by atoms with van der Waals surface area (Å²) in [4.78, 5) is 8.67. The lowest BCUT2D eigenvalue weighted by atomic mass is 9.93. The number of nitrogens with zero attached hydrogens (tertiary/aromatic N) is 6. The Balaban J connectivity index is 1.41. The van der Waals surface area contributed by atoms with Crippen molar-refractivity contribution in [1.29, 1.82) is 0 Å². The van der Waals surface area contributed by atoms with E-state index < -0.39 is 5.60 Å². The smallest absolute Gasteiger partial charge is 0.250 e. The van der Waals surface area contributed by atoms with Crippen molar-refractivity contribution in [3.05, 3.63) is 48.3 Å². The van der Waals surface area contributed by atoms with Crippen LogP contribution in [0.15, 0.2) is 36.9 Å². The zero-order valence-electron chi connectivity index (χ0n) is 21.8. The topological polar surface area (TPSA) is 103 Å². The molecule has 37 heavy (non-hydrogen) atoms. The van der Waals surface area contributed by atoms with Gasteiger partial charge in [-0.1, -0.05) is 0 Å². The first-order valence-corrected chi connectivity index (χ1v) is 12.9. The van der Waals surface area contributed by atoms with E-state index in [0.29, 0.717) is 12.1 Å². The van der Waals surface area contributed by atoms with Crippen molar-refractivity contribution in [2.45, 2.75) is 77.7 Å². The van der Waals surface area contributed by atoms with Crippen LogP contribution in [-0.2, 0) is 6.54 Å². The third-order valence-electron chi connectivity index (χ3n) is 6.72. The largest absolute Gasteiger partial charge is 0.472 e.